The molecule has 1 aliphatic rings. The van der Waals surface area contributed by atoms with Crippen LogP contribution in [-0.2, 0) is 0 Å². The number of hydrogen-bond donors (Lipinski definition) is 2. The fourth-order valence-corrected chi connectivity index (χ4v) is 3.48. The zero-order valence-corrected chi connectivity index (χ0v) is 17.4. The van der Waals surface area contributed by atoms with E-state index in [9.17, 15) is 0 Å². The molecule has 3 rings (SSSR count). The molecule has 0 saturated heterocycles. The van der Waals surface area contributed by atoms with Crippen molar-refractivity contribution in [1.29, 1.82) is 0 Å². The maximum Gasteiger partial charge on any atom is 0.323 e. The van der Waals surface area contributed by atoms with Crippen LogP contribution in [0.25, 0.3) is 0 Å². The number of anilines is 3. The minimum absolute atomic E-state index is 0.0311. The van der Waals surface area contributed by atoms with E-state index >= 15 is 0 Å². The Hall–Kier alpha value is -2.28. The van der Waals surface area contributed by atoms with Crippen LogP contribution in [0.3, 0.4) is 0 Å². The summed E-state index contributed by atoms with van der Waals surface area (Å²) in [4.78, 5) is 13.4. The fraction of sp³-hybridized carbons (Fsp3) is 0.550. The molecule has 1 fully saturated rings. The van der Waals surface area contributed by atoms with Crippen molar-refractivity contribution < 1.29 is 9.47 Å². The second kappa shape index (κ2) is 9.78. The molecule has 2 aromatic rings. The second-order valence-electron chi connectivity index (χ2n) is 7.24. The molecular weight excluding hydrogens is 378 g/mol. The van der Waals surface area contributed by atoms with Crippen LogP contribution < -0.4 is 20.1 Å². The van der Waals surface area contributed by atoms with Crippen LogP contribution in [0.5, 0.6) is 11.8 Å². The molecule has 152 valence electrons. The molecule has 28 heavy (non-hydrogen) atoms. The lowest BCUT2D eigenvalue weighted by Gasteiger charge is -2.17. The van der Waals surface area contributed by atoms with Gasteiger partial charge in [0.2, 0.25) is 11.9 Å². The summed E-state index contributed by atoms with van der Waals surface area (Å²) < 4.78 is 10.9. The Morgan fingerprint density at radius 3 is 2.39 bits per heavy atom. The highest BCUT2D eigenvalue weighted by Gasteiger charge is 2.16. The lowest BCUT2D eigenvalue weighted by molar-refractivity contribution is 0.222. The van der Waals surface area contributed by atoms with Crippen LogP contribution in [0.4, 0.5) is 17.6 Å². The molecule has 0 unspecified atom stereocenters. The van der Waals surface area contributed by atoms with Crippen molar-refractivity contribution in [3.05, 3.63) is 23.2 Å². The van der Waals surface area contributed by atoms with Gasteiger partial charge in [-0.05, 0) is 44.9 Å². The number of nitrogens with one attached hydrogen (secondary N) is 2. The van der Waals surface area contributed by atoms with Crippen LogP contribution in [0.15, 0.2) is 18.2 Å². The number of rotatable bonds is 7. The first kappa shape index (κ1) is 20.5. The summed E-state index contributed by atoms with van der Waals surface area (Å²) in [6, 6.07) is 6.09. The Labute approximate surface area is 171 Å². The lowest BCUT2D eigenvalue weighted by atomic mass is 10.1. The van der Waals surface area contributed by atoms with Gasteiger partial charge in [-0.2, -0.15) is 15.0 Å². The molecule has 2 N–H and O–H groups in total. The summed E-state index contributed by atoms with van der Waals surface area (Å²) in [6.07, 6.45) is 7.27. The molecule has 1 aromatic heterocycles. The lowest BCUT2D eigenvalue weighted by Crippen LogP contribution is -2.21. The van der Waals surface area contributed by atoms with E-state index in [1.165, 1.54) is 25.7 Å². The predicted octanol–water partition coefficient (Wildman–Crippen LogP) is 5.20. The average Bonchev–Trinajstić information content (AvgIpc) is 2.90. The van der Waals surface area contributed by atoms with Gasteiger partial charge in [-0.25, -0.2) is 0 Å². The standard InChI is InChI=1S/C20H28ClN5O2/c1-13(2)28-20-25-18(22-14-8-6-4-5-7-9-14)24-19(26-20)23-15-10-11-17(27-3)16(21)12-15/h10-14H,4-9H2,1-3H3,(H2,22,23,24,25,26). The van der Waals surface area contributed by atoms with E-state index < -0.39 is 0 Å². The number of nitrogens with zero attached hydrogens (tertiary/aromatic N) is 3. The van der Waals surface area contributed by atoms with Crippen molar-refractivity contribution >= 4 is 29.2 Å². The summed E-state index contributed by atoms with van der Waals surface area (Å²) in [7, 11) is 1.58. The van der Waals surface area contributed by atoms with Crippen molar-refractivity contribution in [2.75, 3.05) is 17.7 Å². The monoisotopic (exact) mass is 405 g/mol. The summed E-state index contributed by atoms with van der Waals surface area (Å²) in [6.45, 7) is 3.89. The van der Waals surface area contributed by atoms with Gasteiger partial charge in [0.05, 0.1) is 18.2 Å². The van der Waals surface area contributed by atoms with E-state index in [-0.39, 0.29) is 6.10 Å². The van der Waals surface area contributed by atoms with Gasteiger partial charge in [-0.15, -0.1) is 0 Å². The molecular formula is C20H28ClN5O2. The van der Waals surface area contributed by atoms with Gasteiger partial charge in [0.1, 0.15) is 5.75 Å². The van der Waals surface area contributed by atoms with Crippen LogP contribution in [0.2, 0.25) is 5.02 Å². The second-order valence-corrected chi connectivity index (χ2v) is 7.65. The molecule has 8 heteroatoms. The van der Waals surface area contributed by atoms with Gasteiger partial charge in [0.25, 0.3) is 0 Å². The predicted molar refractivity (Wildman–Crippen MR) is 112 cm³/mol. The number of methoxy groups -OCH3 is 1. The topological polar surface area (TPSA) is 81.2 Å². The molecule has 1 aliphatic carbocycles. The van der Waals surface area contributed by atoms with E-state index in [1.807, 2.05) is 19.9 Å². The highest BCUT2D eigenvalue weighted by molar-refractivity contribution is 6.32. The zero-order chi connectivity index (χ0) is 19.9. The molecule has 7 nitrogen and oxygen atoms in total. The van der Waals surface area contributed by atoms with Crippen molar-refractivity contribution in [3.8, 4) is 11.8 Å². The number of benzene rings is 1. The molecule has 1 heterocycles. The highest BCUT2D eigenvalue weighted by Crippen LogP contribution is 2.29. The number of halogens is 1. The first-order valence-electron chi connectivity index (χ1n) is 9.83. The van der Waals surface area contributed by atoms with Gasteiger partial charge in [-0.1, -0.05) is 37.3 Å². The van der Waals surface area contributed by atoms with E-state index in [0.29, 0.717) is 34.7 Å². The van der Waals surface area contributed by atoms with E-state index in [2.05, 4.69) is 25.6 Å². The third-order valence-electron chi connectivity index (χ3n) is 4.55. The van der Waals surface area contributed by atoms with E-state index in [4.69, 9.17) is 21.1 Å². The Morgan fingerprint density at radius 2 is 1.75 bits per heavy atom. The normalized spacial score (nSPS) is 15.2. The third-order valence-corrected chi connectivity index (χ3v) is 4.85. The Morgan fingerprint density at radius 1 is 1.04 bits per heavy atom. The fourth-order valence-electron chi connectivity index (χ4n) is 3.22. The molecule has 1 saturated carbocycles. The smallest absolute Gasteiger partial charge is 0.323 e. The van der Waals surface area contributed by atoms with Crippen molar-refractivity contribution in [3.63, 3.8) is 0 Å². The van der Waals surface area contributed by atoms with Gasteiger partial charge in [0, 0.05) is 11.7 Å². The number of ether oxygens (including phenoxy) is 2. The molecule has 0 atom stereocenters. The van der Waals surface area contributed by atoms with Gasteiger partial charge in [0.15, 0.2) is 0 Å². The molecule has 1 aromatic carbocycles. The van der Waals surface area contributed by atoms with Crippen LogP contribution in [0, 0.1) is 0 Å². The maximum atomic E-state index is 6.22. The molecule has 0 bridgehead atoms. The zero-order valence-electron chi connectivity index (χ0n) is 16.7. The quantitative estimate of drug-likeness (QED) is 0.612. The van der Waals surface area contributed by atoms with Crippen molar-refractivity contribution in [2.45, 2.75) is 64.5 Å². The summed E-state index contributed by atoms with van der Waals surface area (Å²) >= 11 is 6.22. The highest BCUT2D eigenvalue weighted by atomic mass is 35.5. The Balaban J connectivity index is 1.81. The van der Waals surface area contributed by atoms with E-state index in [1.54, 1.807) is 19.2 Å². The molecule has 0 aliphatic heterocycles. The van der Waals surface area contributed by atoms with Gasteiger partial charge in [-0.3, -0.25) is 0 Å². The van der Waals surface area contributed by atoms with Gasteiger partial charge >= 0.3 is 6.01 Å². The SMILES string of the molecule is COc1ccc(Nc2nc(NC3CCCCCC3)nc(OC(C)C)n2)cc1Cl. The third kappa shape index (κ3) is 5.86. The van der Waals surface area contributed by atoms with Crippen LogP contribution in [-0.4, -0.2) is 34.2 Å². The average molecular weight is 406 g/mol. The van der Waals surface area contributed by atoms with E-state index in [0.717, 1.165) is 18.5 Å². The summed E-state index contributed by atoms with van der Waals surface area (Å²) in [5.41, 5.74) is 0.757. The minimum Gasteiger partial charge on any atom is -0.495 e. The first-order valence-corrected chi connectivity index (χ1v) is 10.2. The molecule has 0 spiro atoms. The van der Waals surface area contributed by atoms with Crippen LogP contribution >= 0.6 is 11.6 Å². The molecule has 0 radical (unpaired) electrons. The first-order chi connectivity index (χ1) is 13.5. The number of aromatic nitrogens is 3. The maximum absolute atomic E-state index is 6.22. The number of hydrogen-bond acceptors (Lipinski definition) is 7. The largest absolute Gasteiger partial charge is 0.495 e. The summed E-state index contributed by atoms with van der Waals surface area (Å²) in [5, 5.41) is 7.15. The molecule has 0 amide bonds. The van der Waals surface area contributed by atoms with Crippen molar-refractivity contribution in [2.24, 2.45) is 0 Å². The Kier molecular flexibility index (Phi) is 7.14. The van der Waals surface area contributed by atoms with Crippen molar-refractivity contribution in [1.82, 2.24) is 15.0 Å². The Bertz CT molecular complexity index is 779. The summed E-state index contributed by atoms with van der Waals surface area (Å²) in [5.74, 6) is 1.55. The minimum atomic E-state index is -0.0311. The van der Waals surface area contributed by atoms with Gasteiger partial charge < -0.3 is 20.1 Å². The van der Waals surface area contributed by atoms with Crippen LogP contribution in [0.1, 0.15) is 52.4 Å².